The molecule has 20 heavy (non-hydrogen) atoms. The highest BCUT2D eigenvalue weighted by molar-refractivity contribution is 5.90. The number of nitriles is 1. The van der Waals surface area contributed by atoms with Crippen molar-refractivity contribution in [2.75, 3.05) is 11.1 Å². The molecule has 0 heterocycles. The molecule has 2 aromatic carbocycles. The maximum atomic E-state index is 13.4. The van der Waals surface area contributed by atoms with Crippen molar-refractivity contribution in [2.24, 2.45) is 0 Å². The Kier molecular flexibility index (Phi) is 3.67. The highest BCUT2D eigenvalue weighted by atomic mass is 19.1. The smallest absolute Gasteiger partial charge is 0.221 e. The predicted octanol–water partition coefficient (Wildman–Crippen LogP) is 2.90. The van der Waals surface area contributed by atoms with E-state index < -0.39 is 5.82 Å². The molecule has 100 valence electrons. The first-order valence-electron chi connectivity index (χ1n) is 5.88. The van der Waals surface area contributed by atoms with Gasteiger partial charge in [-0.1, -0.05) is 12.1 Å². The van der Waals surface area contributed by atoms with E-state index in [9.17, 15) is 9.18 Å². The van der Waals surface area contributed by atoms with E-state index >= 15 is 0 Å². The van der Waals surface area contributed by atoms with E-state index in [1.165, 1.54) is 13.0 Å². The number of hydrogen-bond donors (Lipinski definition) is 2. The van der Waals surface area contributed by atoms with Crippen molar-refractivity contribution in [1.29, 1.82) is 5.26 Å². The van der Waals surface area contributed by atoms with Gasteiger partial charge in [-0.3, -0.25) is 4.79 Å². The Balaban J connectivity index is 2.54. The molecule has 0 atom stereocenters. The molecule has 2 rings (SSSR count). The highest BCUT2D eigenvalue weighted by Gasteiger charge is 2.10. The van der Waals surface area contributed by atoms with Crippen molar-refractivity contribution >= 4 is 17.3 Å². The number of halogens is 1. The highest BCUT2D eigenvalue weighted by Crippen LogP contribution is 2.29. The third kappa shape index (κ3) is 2.75. The zero-order chi connectivity index (χ0) is 14.7. The molecule has 0 spiro atoms. The minimum absolute atomic E-state index is 0.0241. The van der Waals surface area contributed by atoms with Gasteiger partial charge in [0.15, 0.2) is 0 Å². The molecule has 0 aliphatic rings. The van der Waals surface area contributed by atoms with Crippen molar-refractivity contribution < 1.29 is 9.18 Å². The van der Waals surface area contributed by atoms with Crippen molar-refractivity contribution in [1.82, 2.24) is 0 Å². The van der Waals surface area contributed by atoms with Crippen molar-refractivity contribution in [3.63, 3.8) is 0 Å². The van der Waals surface area contributed by atoms with Crippen LogP contribution >= 0.6 is 0 Å². The molecule has 0 aromatic heterocycles. The second-order valence-corrected chi connectivity index (χ2v) is 4.29. The van der Waals surface area contributed by atoms with Crippen LogP contribution in [0, 0.1) is 17.1 Å². The molecule has 0 saturated carbocycles. The number of nitrogen functional groups attached to an aromatic ring is 1. The molecule has 0 unspecified atom stereocenters. The molecule has 0 fully saturated rings. The normalized spacial score (nSPS) is 9.85. The van der Waals surface area contributed by atoms with Crippen LogP contribution < -0.4 is 11.1 Å². The molecule has 1 amide bonds. The molecular formula is C15H12FN3O. The molecule has 2 aromatic rings. The monoisotopic (exact) mass is 269 g/mol. The average Bonchev–Trinajstić information content (AvgIpc) is 2.41. The fourth-order valence-corrected chi connectivity index (χ4v) is 1.89. The SMILES string of the molecule is CC(=O)Nc1cccc(-c2cc(N)c(F)cc2C#N)c1. The van der Waals surface area contributed by atoms with Gasteiger partial charge in [0.1, 0.15) is 5.82 Å². The molecule has 5 heteroatoms. The number of nitrogens with zero attached hydrogens (tertiary/aromatic N) is 1. The van der Waals surface area contributed by atoms with Crippen LogP contribution in [0.15, 0.2) is 36.4 Å². The zero-order valence-electron chi connectivity index (χ0n) is 10.8. The molecule has 0 aliphatic carbocycles. The minimum Gasteiger partial charge on any atom is -0.396 e. The zero-order valence-corrected chi connectivity index (χ0v) is 10.8. The van der Waals surface area contributed by atoms with Gasteiger partial charge in [0.05, 0.1) is 17.3 Å². The second-order valence-electron chi connectivity index (χ2n) is 4.29. The Hall–Kier alpha value is -2.87. The van der Waals surface area contributed by atoms with Crippen LogP contribution in [0.3, 0.4) is 0 Å². The van der Waals surface area contributed by atoms with E-state index in [2.05, 4.69) is 5.32 Å². The standard InChI is InChI=1S/C15H12FN3O/c1-9(20)19-12-4-2-3-10(5-12)13-7-15(18)14(16)6-11(13)8-17/h2-7H,18H2,1H3,(H,19,20). The van der Waals surface area contributed by atoms with E-state index in [0.29, 0.717) is 16.8 Å². The summed E-state index contributed by atoms with van der Waals surface area (Å²) in [7, 11) is 0. The maximum Gasteiger partial charge on any atom is 0.221 e. The maximum absolute atomic E-state index is 13.4. The first kappa shape index (κ1) is 13.6. The van der Waals surface area contributed by atoms with Crippen LogP contribution in [-0.2, 0) is 4.79 Å². The summed E-state index contributed by atoms with van der Waals surface area (Å²) in [5.41, 5.74) is 7.52. The quantitative estimate of drug-likeness (QED) is 0.823. The van der Waals surface area contributed by atoms with Crippen LogP contribution in [0.25, 0.3) is 11.1 Å². The minimum atomic E-state index is -0.622. The van der Waals surface area contributed by atoms with Crippen LogP contribution in [0.2, 0.25) is 0 Å². The largest absolute Gasteiger partial charge is 0.396 e. The molecule has 0 radical (unpaired) electrons. The second kappa shape index (κ2) is 5.41. The summed E-state index contributed by atoms with van der Waals surface area (Å²) in [6, 6.07) is 11.4. The van der Waals surface area contributed by atoms with Crippen LogP contribution in [-0.4, -0.2) is 5.91 Å². The first-order chi connectivity index (χ1) is 9.51. The number of nitrogens with two attached hydrogens (primary N) is 1. The number of carbonyl (C=O) groups excluding carboxylic acids is 1. The van der Waals surface area contributed by atoms with Gasteiger partial charge in [-0.2, -0.15) is 5.26 Å². The summed E-state index contributed by atoms with van der Waals surface area (Å²) in [4.78, 5) is 11.0. The average molecular weight is 269 g/mol. The van der Waals surface area contributed by atoms with Gasteiger partial charge >= 0.3 is 0 Å². The number of carbonyl (C=O) groups is 1. The number of amides is 1. The molecule has 0 bridgehead atoms. The van der Waals surface area contributed by atoms with Gasteiger partial charge in [-0.05, 0) is 29.8 Å². The van der Waals surface area contributed by atoms with Crippen molar-refractivity contribution in [3.05, 3.63) is 47.8 Å². The van der Waals surface area contributed by atoms with E-state index in [0.717, 1.165) is 6.07 Å². The molecular weight excluding hydrogens is 257 g/mol. The Morgan fingerprint density at radius 3 is 2.75 bits per heavy atom. The molecule has 0 aliphatic heterocycles. The Morgan fingerprint density at radius 2 is 2.10 bits per heavy atom. The van der Waals surface area contributed by atoms with Crippen LogP contribution in [0.1, 0.15) is 12.5 Å². The number of hydrogen-bond acceptors (Lipinski definition) is 3. The van der Waals surface area contributed by atoms with E-state index in [4.69, 9.17) is 11.0 Å². The lowest BCUT2D eigenvalue weighted by Gasteiger charge is -2.09. The van der Waals surface area contributed by atoms with E-state index in [1.54, 1.807) is 24.3 Å². The summed E-state index contributed by atoms with van der Waals surface area (Å²) in [5.74, 6) is -0.815. The Morgan fingerprint density at radius 1 is 1.35 bits per heavy atom. The third-order valence-corrected chi connectivity index (χ3v) is 2.75. The summed E-state index contributed by atoms with van der Waals surface area (Å²) in [6.45, 7) is 1.41. The van der Waals surface area contributed by atoms with Gasteiger partial charge in [0, 0.05) is 18.2 Å². The lowest BCUT2D eigenvalue weighted by Crippen LogP contribution is -2.05. The van der Waals surface area contributed by atoms with Gasteiger partial charge < -0.3 is 11.1 Å². The third-order valence-electron chi connectivity index (χ3n) is 2.75. The number of rotatable bonds is 2. The van der Waals surface area contributed by atoms with Crippen LogP contribution in [0.4, 0.5) is 15.8 Å². The first-order valence-corrected chi connectivity index (χ1v) is 5.88. The Bertz CT molecular complexity index is 720. The van der Waals surface area contributed by atoms with Gasteiger partial charge in [-0.25, -0.2) is 4.39 Å². The fraction of sp³-hybridized carbons (Fsp3) is 0.0667. The van der Waals surface area contributed by atoms with Gasteiger partial charge in [-0.15, -0.1) is 0 Å². The summed E-state index contributed by atoms with van der Waals surface area (Å²) < 4.78 is 13.4. The van der Waals surface area contributed by atoms with E-state index in [1.807, 2.05) is 6.07 Å². The summed E-state index contributed by atoms with van der Waals surface area (Å²) in [6.07, 6.45) is 0. The summed E-state index contributed by atoms with van der Waals surface area (Å²) >= 11 is 0. The predicted molar refractivity (Wildman–Crippen MR) is 75.3 cm³/mol. The van der Waals surface area contributed by atoms with Gasteiger partial charge in [0.25, 0.3) is 0 Å². The van der Waals surface area contributed by atoms with Crippen molar-refractivity contribution in [2.45, 2.75) is 6.92 Å². The number of nitrogens with one attached hydrogen (secondary N) is 1. The topological polar surface area (TPSA) is 78.9 Å². The number of benzene rings is 2. The lowest BCUT2D eigenvalue weighted by atomic mass is 9.99. The van der Waals surface area contributed by atoms with Gasteiger partial charge in [0.2, 0.25) is 5.91 Å². The number of anilines is 2. The summed E-state index contributed by atoms with van der Waals surface area (Å²) in [5, 5.41) is 11.7. The van der Waals surface area contributed by atoms with Crippen LogP contribution in [0.5, 0.6) is 0 Å². The fourth-order valence-electron chi connectivity index (χ4n) is 1.89. The lowest BCUT2D eigenvalue weighted by molar-refractivity contribution is -0.114. The molecule has 0 saturated heterocycles. The molecule has 4 nitrogen and oxygen atoms in total. The van der Waals surface area contributed by atoms with E-state index in [-0.39, 0.29) is 17.2 Å². The molecule has 3 N–H and O–H groups in total. The Labute approximate surface area is 115 Å². The van der Waals surface area contributed by atoms with Crippen molar-refractivity contribution in [3.8, 4) is 17.2 Å².